The van der Waals surface area contributed by atoms with Gasteiger partial charge in [-0.1, -0.05) is 54.1 Å². The zero-order valence-corrected chi connectivity index (χ0v) is 20.6. The fraction of sp³-hybridized carbons (Fsp3) is 0.0741. The van der Waals surface area contributed by atoms with Crippen molar-refractivity contribution in [1.29, 1.82) is 0 Å². The van der Waals surface area contributed by atoms with E-state index in [1.54, 1.807) is 37.3 Å². The molecule has 7 nitrogen and oxygen atoms in total. The van der Waals surface area contributed by atoms with Crippen LogP contribution in [0.4, 0.5) is 13.2 Å². The van der Waals surface area contributed by atoms with Gasteiger partial charge in [0.1, 0.15) is 11.5 Å². The van der Waals surface area contributed by atoms with E-state index in [1.807, 2.05) is 0 Å². The molecule has 4 rings (SSSR count). The number of aryl methyl sites for hydroxylation is 1. The Bertz CT molecular complexity index is 1720. The first kappa shape index (κ1) is 26.6. The Labute approximate surface area is 215 Å². The van der Waals surface area contributed by atoms with Gasteiger partial charge in [-0.3, -0.25) is 9.59 Å². The van der Waals surface area contributed by atoms with E-state index >= 15 is 0 Å². The second-order valence-electron chi connectivity index (χ2n) is 8.33. The van der Waals surface area contributed by atoms with Crippen molar-refractivity contribution in [3.05, 3.63) is 130 Å². The number of aromatic nitrogens is 1. The molecule has 0 radical (unpaired) electrons. The maximum Gasteiger partial charge on any atom is 0.284 e. The van der Waals surface area contributed by atoms with Gasteiger partial charge in [-0.25, -0.2) is 13.2 Å². The van der Waals surface area contributed by atoms with Crippen LogP contribution in [-0.2, 0) is 14.8 Å². The van der Waals surface area contributed by atoms with Crippen molar-refractivity contribution in [2.45, 2.75) is 17.9 Å². The van der Waals surface area contributed by atoms with Crippen molar-refractivity contribution in [1.82, 2.24) is 4.57 Å². The second kappa shape index (κ2) is 10.5. The molecule has 0 aliphatic heterocycles. The zero-order valence-electron chi connectivity index (χ0n) is 19.8. The number of nitrogens with two attached hydrogens (primary N) is 1. The van der Waals surface area contributed by atoms with Gasteiger partial charge in [0.25, 0.3) is 10.0 Å². The highest BCUT2D eigenvalue weighted by Gasteiger charge is 2.28. The van der Waals surface area contributed by atoms with E-state index < -0.39 is 56.3 Å². The molecule has 0 fully saturated rings. The number of carbonyl (C=O) groups excluding carboxylic acids is 2. The van der Waals surface area contributed by atoms with E-state index in [-0.39, 0.29) is 16.0 Å². The number of carbonyl (C=O) groups is 2. The highest BCUT2D eigenvalue weighted by molar-refractivity contribution is 7.90. The fourth-order valence-electron chi connectivity index (χ4n) is 3.76. The van der Waals surface area contributed by atoms with Crippen LogP contribution in [0.15, 0.2) is 94.4 Å². The summed E-state index contributed by atoms with van der Waals surface area (Å²) in [5.74, 6) is -6.81. The van der Waals surface area contributed by atoms with E-state index in [2.05, 4.69) is 4.40 Å². The quantitative estimate of drug-likeness (QED) is 0.284. The summed E-state index contributed by atoms with van der Waals surface area (Å²) in [6.07, 6.45) is 1.06. The number of ketones is 1. The van der Waals surface area contributed by atoms with E-state index in [0.717, 1.165) is 28.5 Å². The lowest BCUT2D eigenvalue weighted by Crippen LogP contribution is -2.36. The lowest BCUT2D eigenvalue weighted by atomic mass is 10.0. The number of amides is 1. The Morgan fingerprint density at radius 2 is 1.50 bits per heavy atom. The third-order valence-electron chi connectivity index (χ3n) is 5.69. The van der Waals surface area contributed by atoms with Gasteiger partial charge >= 0.3 is 0 Å². The van der Waals surface area contributed by atoms with E-state index in [9.17, 15) is 31.2 Å². The average molecular weight is 540 g/mol. The standard InChI is InChI=1S/C27H20F3N3O4S/c1-16-7-10-19(11-8-16)38(36,37)32-22-14-9-18(26(34)17-5-3-2-4-6-17)15-33(22)25(27(31)35)20-12-13-21(28)24(30)23(20)29/h2-15,25H,1H3,(H2,31,35)/b32-22+. The van der Waals surface area contributed by atoms with Crippen LogP contribution in [0.3, 0.4) is 0 Å². The number of hydrogen-bond acceptors (Lipinski definition) is 4. The molecule has 0 aliphatic carbocycles. The number of sulfonamides is 1. The van der Waals surface area contributed by atoms with Crippen LogP contribution in [0.25, 0.3) is 0 Å². The van der Waals surface area contributed by atoms with Crippen LogP contribution in [0.1, 0.15) is 33.1 Å². The third-order valence-corrected chi connectivity index (χ3v) is 6.99. The minimum Gasteiger partial charge on any atom is -0.368 e. The molecule has 3 aromatic carbocycles. The summed E-state index contributed by atoms with van der Waals surface area (Å²) in [4.78, 5) is 25.5. The molecule has 1 atom stereocenters. The number of halogens is 3. The minimum absolute atomic E-state index is 0.0304. The highest BCUT2D eigenvalue weighted by Crippen LogP contribution is 2.25. The summed E-state index contributed by atoms with van der Waals surface area (Å²) < 4.78 is 73.3. The predicted molar refractivity (Wildman–Crippen MR) is 132 cm³/mol. The SMILES string of the molecule is Cc1ccc(S(=O)(=O)/N=c2\ccc(C(=O)c3ccccc3)cn2C(C(N)=O)c2ccc(F)c(F)c2F)cc1. The van der Waals surface area contributed by atoms with Gasteiger partial charge in [-0.2, -0.15) is 8.42 Å². The van der Waals surface area contributed by atoms with Gasteiger partial charge in [0.05, 0.1) is 4.90 Å². The van der Waals surface area contributed by atoms with Crippen LogP contribution < -0.4 is 11.2 Å². The molecule has 1 amide bonds. The molecule has 0 bridgehead atoms. The molecule has 4 aromatic rings. The topological polar surface area (TPSA) is 112 Å². The second-order valence-corrected chi connectivity index (χ2v) is 9.93. The number of nitrogens with zero attached hydrogens (tertiary/aromatic N) is 2. The Kier molecular flexibility index (Phi) is 7.31. The smallest absolute Gasteiger partial charge is 0.284 e. The van der Waals surface area contributed by atoms with Crippen molar-refractivity contribution in [2.75, 3.05) is 0 Å². The number of rotatable bonds is 7. The molecule has 38 heavy (non-hydrogen) atoms. The maximum absolute atomic E-state index is 14.8. The van der Waals surface area contributed by atoms with Crippen molar-refractivity contribution < 1.29 is 31.2 Å². The van der Waals surface area contributed by atoms with Gasteiger partial charge in [-0.15, -0.1) is 4.40 Å². The van der Waals surface area contributed by atoms with Crippen LogP contribution in [-0.4, -0.2) is 24.7 Å². The van der Waals surface area contributed by atoms with Crippen molar-refractivity contribution in [2.24, 2.45) is 10.1 Å². The first-order valence-electron chi connectivity index (χ1n) is 11.1. The van der Waals surface area contributed by atoms with E-state index in [1.165, 1.54) is 30.3 Å². The molecule has 0 spiro atoms. The Morgan fingerprint density at radius 1 is 0.842 bits per heavy atom. The summed E-state index contributed by atoms with van der Waals surface area (Å²) in [5, 5.41) is 0. The molecule has 0 aliphatic rings. The summed E-state index contributed by atoms with van der Waals surface area (Å²) >= 11 is 0. The van der Waals surface area contributed by atoms with E-state index in [0.29, 0.717) is 6.07 Å². The van der Waals surface area contributed by atoms with Gasteiger partial charge < -0.3 is 10.3 Å². The summed E-state index contributed by atoms with van der Waals surface area (Å²) in [6.45, 7) is 1.76. The van der Waals surface area contributed by atoms with Gasteiger partial charge in [0, 0.05) is 22.9 Å². The minimum atomic E-state index is -4.36. The zero-order chi connectivity index (χ0) is 27.6. The van der Waals surface area contributed by atoms with Gasteiger partial charge in [0.2, 0.25) is 5.91 Å². The Morgan fingerprint density at radius 3 is 2.13 bits per heavy atom. The largest absolute Gasteiger partial charge is 0.368 e. The van der Waals surface area contributed by atoms with Crippen molar-refractivity contribution >= 4 is 21.7 Å². The molecule has 1 unspecified atom stereocenters. The highest BCUT2D eigenvalue weighted by atomic mass is 32.2. The number of hydrogen-bond donors (Lipinski definition) is 1. The monoisotopic (exact) mass is 539 g/mol. The van der Waals surface area contributed by atoms with Gasteiger partial charge in [-0.05, 0) is 37.3 Å². The number of pyridine rings is 1. The molecular formula is C27H20F3N3O4S. The molecule has 0 saturated heterocycles. The summed E-state index contributed by atoms with van der Waals surface area (Å²) in [5.41, 5.74) is 5.47. The van der Waals surface area contributed by atoms with Crippen LogP contribution >= 0.6 is 0 Å². The Hall–Kier alpha value is -4.51. The molecular weight excluding hydrogens is 519 g/mol. The van der Waals surface area contributed by atoms with E-state index in [4.69, 9.17) is 5.73 Å². The normalized spacial score (nSPS) is 12.8. The third kappa shape index (κ3) is 5.28. The summed E-state index contributed by atoms with van der Waals surface area (Å²) in [6, 6.07) is 15.7. The van der Waals surface area contributed by atoms with Crippen LogP contribution in [0.2, 0.25) is 0 Å². The van der Waals surface area contributed by atoms with Crippen molar-refractivity contribution in [3.63, 3.8) is 0 Å². The molecule has 0 saturated carbocycles. The van der Waals surface area contributed by atoms with Gasteiger partial charge in [0.15, 0.2) is 23.2 Å². The lowest BCUT2D eigenvalue weighted by molar-refractivity contribution is -0.120. The maximum atomic E-state index is 14.8. The molecule has 1 heterocycles. The Balaban J connectivity index is 1.99. The van der Waals surface area contributed by atoms with Crippen LogP contribution in [0, 0.1) is 24.4 Å². The molecule has 194 valence electrons. The fourth-order valence-corrected chi connectivity index (χ4v) is 4.75. The average Bonchev–Trinajstić information content (AvgIpc) is 2.89. The lowest BCUT2D eigenvalue weighted by Gasteiger charge is -2.20. The van der Waals surface area contributed by atoms with Crippen molar-refractivity contribution in [3.8, 4) is 0 Å². The first-order valence-corrected chi connectivity index (χ1v) is 12.6. The first-order chi connectivity index (χ1) is 18.0. The number of benzene rings is 3. The predicted octanol–water partition coefficient (Wildman–Crippen LogP) is 3.81. The molecule has 2 N–H and O–H groups in total. The molecule has 11 heteroatoms. The molecule has 1 aromatic heterocycles. The van der Waals surface area contributed by atoms with Crippen LogP contribution in [0.5, 0.6) is 0 Å². The summed E-state index contributed by atoms with van der Waals surface area (Å²) in [7, 11) is -4.36. The number of primary amides is 1.